The molecule has 6 nitrogen and oxygen atoms in total. The Morgan fingerprint density at radius 3 is 2.67 bits per heavy atom. The Kier molecular flexibility index (Phi) is 4.01. The van der Waals surface area contributed by atoms with Gasteiger partial charge in [-0.2, -0.15) is 5.26 Å². The third kappa shape index (κ3) is 3.22. The Morgan fingerprint density at radius 2 is 2.10 bits per heavy atom. The van der Waals surface area contributed by atoms with E-state index in [4.69, 9.17) is 10.00 Å². The SMILES string of the molecule is CC(C)(C)OC(=O)N1CCc2c(C#N)c(S)[nH]c(=O)c2C1. The van der Waals surface area contributed by atoms with Crippen molar-refractivity contribution in [1.29, 1.82) is 5.26 Å². The Hall–Kier alpha value is -1.94. The lowest BCUT2D eigenvalue weighted by molar-refractivity contribution is 0.0223. The van der Waals surface area contributed by atoms with Gasteiger partial charge in [-0.15, -0.1) is 12.6 Å². The molecule has 1 aliphatic rings. The number of hydrogen-bond acceptors (Lipinski definition) is 5. The van der Waals surface area contributed by atoms with E-state index in [0.29, 0.717) is 29.7 Å². The van der Waals surface area contributed by atoms with Crippen molar-refractivity contribution in [1.82, 2.24) is 9.88 Å². The third-order valence-corrected chi connectivity index (χ3v) is 3.49. The molecule has 1 amide bonds. The molecule has 1 N–H and O–H groups in total. The number of ether oxygens (including phenoxy) is 1. The largest absolute Gasteiger partial charge is 0.444 e. The van der Waals surface area contributed by atoms with Gasteiger partial charge in [-0.05, 0) is 32.8 Å². The Balaban J connectivity index is 2.32. The molecule has 0 fully saturated rings. The van der Waals surface area contributed by atoms with Gasteiger partial charge in [-0.1, -0.05) is 0 Å². The monoisotopic (exact) mass is 307 g/mol. The molecule has 7 heteroatoms. The minimum Gasteiger partial charge on any atom is -0.444 e. The lowest BCUT2D eigenvalue weighted by Crippen LogP contribution is -2.42. The summed E-state index contributed by atoms with van der Waals surface area (Å²) in [7, 11) is 0. The van der Waals surface area contributed by atoms with Crippen LogP contribution in [0.2, 0.25) is 0 Å². The zero-order chi connectivity index (χ0) is 15.8. The Bertz CT molecular complexity index is 682. The number of carbonyl (C=O) groups is 1. The van der Waals surface area contributed by atoms with Crippen LogP contribution in [-0.4, -0.2) is 28.1 Å². The highest BCUT2D eigenvalue weighted by atomic mass is 32.1. The van der Waals surface area contributed by atoms with Gasteiger partial charge in [0, 0.05) is 12.1 Å². The number of pyridine rings is 1. The molecule has 0 radical (unpaired) electrons. The fourth-order valence-electron chi connectivity index (χ4n) is 2.24. The molecule has 0 unspecified atom stereocenters. The summed E-state index contributed by atoms with van der Waals surface area (Å²) in [6.45, 7) is 5.92. The number of fused-ring (bicyclic) bond motifs is 1. The predicted molar refractivity (Wildman–Crippen MR) is 79.4 cm³/mol. The van der Waals surface area contributed by atoms with Crippen LogP contribution in [0.4, 0.5) is 4.79 Å². The van der Waals surface area contributed by atoms with Crippen LogP contribution in [0.15, 0.2) is 9.82 Å². The Labute approximate surface area is 128 Å². The van der Waals surface area contributed by atoms with Gasteiger partial charge in [-0.3, -0.25) is 4.79 Å². The quantitative estimate of drug-likeness (QED) is 0.716. The first-order valence-corrected chi connectivity index (χ1v) is 7.02. The van der Waals surface area contributed by atoms with Gasteiger partial charge in [0.1, 0.15) is 11.7 Å². The lowest BCUT2D eigenvalue weighted by Gasteiger charge is -2.31. The number of aromatic nitrogens is 1. The summed E-state index contributed by atoms with van der Waals surface area (Å²) in [6, 6.07) is 2.05. The zero-order valence-electron chi connectivity index (χ0n) is 12.2. The second kappa shape index (κ2) is 5.45. The second-order valence-electron chi connectivity index (χ2n) is 5.90. The number of nitrogens with one attached hydrogen (secondary N) is 1. The minimum atomic E-state index is -0.587. The maximum atomic E-state index is 12.1. The number of carbonyl (C=O) groups excluding carboxylic acids is 1. The highest BCUT2D eigenvalue weighted by Gasteiger charge is 2.29. The van der Waals surface area contributed by atoms with Crippen molar-refractivity contribution < 1.29 is 9.53 Å². The summed E-state index contributed by atoms with van der Waals surface area (Å²) in [6.07, 6.45) is -0.0180. The third-order valence-electron chi connectivity index (χ3n) is 3.15. The van der Waals surface area contributed by atoms with Crippen LogP contribution in [0.25, 0.3) is 0 Å². The molecule has 1 aromatic rings. The van der Waals surface area contributed by atoms with E-state index in [9.17, 15) is 9.59 Å². The molecule has 0 atom stereocenters. The van der Waals surface area contributed by atoms with Gasteiger partial charge >= 0.3 is 6.09 Å². The Morgan fingerprint density at radius 1 is 1.43 bits per heavy atom. The molecule has 1 aliphatic heterocycles. The molecule has 2 heterocycles. The molecule has 0 bridgehead atoms. The normalized spacial score (nSPS) is 14.3. The number of nitrogens with zero attached hydrogens (tertiary/aromatic N) is 2. The van der Waals surface area contributed by atoms with Crippen molar-refractivity contribution in [3.8, 4) is 6.07 Å². The van der Waals surface area contributed by atoms with Crippen molar-refractivity contribution in [2.24, 2.45) is 0 Å². The number of amides is 1. The number of thiol groups is 1. The van der Waals surface area contributed by atoms with E-state index in [2.05, 4.69) is 23.7 Å². The minimum absolute atomic E-state index is 0.141. The van der Waals surface area contributed by atoms with Crippen LogP contribution < -0.4 is 5.56 Å². The average molecular weight is 307 g/mol. The number of nitriles is 1. The summed E-state index contributed by atoms with van der Waals surface area (Å²) in [4.78, 5) is 28.1. The molecule has 21 heavy (non-hydrogen) atoms. The van der Waals surface area contributed by atoms with E-state index in [1.165, 1.54) is 4.90 Å². The van der Waals surface area contributed by atoms with Crippen molar-refractivity contribution in [3.63, 3.8) is 0 Å². The average Bonchev–Trinajstić information content (AvgIpc) is 2.36. The van der Waals surface area contributed by atoms with E-state index in [-0.39, 0.29) is 17.1 Å². The molecule has 0 aromatic carbocycles. The number of hydrogen-bond donors (Lipinski definition) is 2. The maximum absolute atomic E-state index is 12.1. The molecule has 0 spiro atoms. The summed E-state index contributed by atoms with van der Waals surface area (Å²) < 4.78 is 5.31. The van der Waals surface area contributed by atoms with Gasteiger partial charge in [-0.25, -0.2) is 4.79 Å². The first-order valence-electron chi connectivity index (χ1n) is 6.58. The molecule has 1 aromatic heterocycles. The molecule has 112 valence electrons. The second-order valence-corrected chi connectivity index (χ2v) is 6.35. The number of H-pyrrole nitrogens is 1. The first-order chi connectivity index (χ1) is 9.73. The predicted octanol–water partition coefficient (Wildman–Crippen LogP) is 1.83. The van der Waals surface area contributed by atoms with Crippen LogP contribution in [0.3, 0.4) is 0 Å². The molecular weight excluding hydrogens is 290 g/mol. The van der Waals surface area contributed by atoms with Gasteiger partial charge in [0.2, 0.25) is 0 Å². The molecule has 0 saturated carbocycles. The van der Waals surface area contributed by atoms with Crippen molar-refractivity contribution in [2.75, 3.05) is 6.54 Å². The summed E-state index contributed by atoms with van der Waals surface area (Å²) in [5.74, 6) is 0. The summed E-state index contributed by atoms with van der Waals surface area (Å²) in [5, 5.41) is 9.44. The van der Waals surface area contributed by atoms with Crippen molar-refractivity contribution >= 4 is 18.7 Å². The van der Waals surface area contributed by atoms with E-state index in [1.807, 2.05) is 0 Å². The molecular formula is C14H17N3O3S. The van der Waals surface area contributed by atoms with Crippen LogP contribution in [-0.2, 0) is 17.7 Å². The molecule has 0 saturated heterocycles. The van der Waals surface area contributed by atoms with Crippen LogP contribution in [0, 0.1) is 11.3 Å². The highest BCUT2D eigenvalue weighted by Crippen LogP contribution is 2.23. The first kappa shape index (κ1) is 15.4. The van der Waals surface area contributed by atoms with Crippen molar-refractivity contribution in [2.45, 2.75) is 44.4 Å². The van der Waals surface area contributed by atoms with E-state index in [1.54, 1.807) is 20.8 Å². The fourth-order valence-corrected chi connectivity index (χ4v) is 2.53. The van der Waals surface area contributed by atoms with E-state index >= 15 is 0 Å². The zero-order valence-corrected chi connectivity index (χ0v) is 13.1. The van der Waals surface area contributed by atoms with Gasteiger partial charge < -0.3 is 14.6 Å². The molecule has 2 rings (SSSR count). The number of aromatic amines is 1. The standard InChI is InChI=1S/C14H17N3O3S/c1-14(2,3)20-13(19)17-5-4-8-9(6-15)12(21)16-11(18)10(8)7-17/h4-5,7H2,1-3H3,(H2,16,18,21). The van der Waals surface area contributed by atoms with E-state index < -0.39 is 11.7 Å². The van der Waals surface area contributed by atoms with Gasteiger partial charge in [0.15, 0.2) is 0 Å². The summed E-state index contributed by atoms with van der Waals surface area (Å²) >= 11 is 4.12. The van der Waals surface area contributed by atoms with Crippen LogP contribution in [0.1, 0.15) is 37.5 Å². The lowest BCUT2D eigenvalue weighted by atomic mass is 9.97. The van der Waals surface area contributed by atoms with Crippen molar-refractivity contribution in [3.05, 3.63) is 27.0 Å². The van der Waals surface area contributed by atoms with Crippen LogP contribution >= 0.6 is 12.6 Å². The molecule has 0 aliphatic carbocycles. The topological polar surface area (TPSA) is 86.2 Å². The van der Waals surface area contributed by atoms with Gasteiger partial charge in [0.25, 0.3) is 5.56 Å². The van der Waals surface area contributed by atoms with Crippen LogP contribution in [0.5, 0.6) is 0 Å². The maximum Gasteiger partial charge on any atom is 0.410 e. The van der Waals surface area contributed by atoms with E-state index in [0.717, 1.165) is 0 Å². The number of rotatable bonds is 0. The summed E-state index contributed by atoms with van der Waals surface area (Å²) in [5.41, 5.74) is 0.572. The smallest absolute Gasteiger partial charge is 0.410 e. The van der Waals surface area contributed by atoms with Gasteiger partial charge in [0.05, 0.1) is 17.1 Å². The fraction of sp³-hybridized carbons (Fsp3) is 0.500. The highest BCUT2D eigenvalue weighted by molar-refractivity contribution is 7.80.